The van der Waals surface area contributed by atoms with Crippen LogP contribution >= 0.6 is 0 Å². The standard InChI is InChI=1S/C17H23N3O3/c1-11-6-8-14(9-7-11)23-13(3)16(21)18-10-15-12(2)19-20(4)17(15)22-5/h6-9,13H,10H2,1-5H3,(H,18,21). The number of hydrogen-bond acceptors (Lipinski definition) is 4. The topological polar surface area (TPSA) is 65.4 Å². The van der Waals surface area contributed by atoms with E-state index in [0.717, 1.165) is 16.8 Å². The van der Waals surface area contributed by atoms with Gasteiger partial charge in [-0.15, -0.1) is 0 Å². The van der Waals surface area contributed by atoms with Crippen molar-refractivity contribution in [3.63, 3.8) is 0 Å². The van der Waals surface area contributed by atoms with Crippen LogP contribution in [-0.4, -0.2) is 28.9 Å². The number of aryl methyl sites for hydroxylation is 3. The van der Waals surface area contributed by atoms with Gasteiger partial charge >= 0.3 is 0 Å². The fraction of sp³-hybridized carbons (Fsp3) is 0.412. The molecule has 124 valence electrons. The number of rotatable bonds is 6. The van der Waals surface area contributed by atoms with E-state index in [1.807, 2.05) is 38.1 Å². The monoisotopic (exact) mass is 317 g/mol. The third kappa shape index (κ3) is 4.03. The summed E-state index contributed by atoms with van der Waals surface area (Å²) in [7, 11) is 3.39. The zero-order chi connectivity index (χ0) is 17.0. The normalized spacial score (nSPS) is 11.9. The highest BCUT2D eigenvalue weighted by atomic mass is 16.5. The summed E-state index contributed by atoms with van der Waals surface area (Å²) < 4.78 is 12.6. The molecule has 0 saturated carbocycles. The maximum Gasteiger partial charge on any atom is 0.261 e. The Morgan fingerprint density at radius 2 is 1.96 bits per heavy atom. The van der Waals surface area contributed by atoms with E-state index in [-0.39, 0.29) is 5.91 Å². The molecule has 1 unspecified atom stereocenters. The molecule has 1 aromatic carbocycles. The molecular weight excluding hydrogens is 294 g/mol. The Kier molecular flexibility index (Phi) is 5.26. The van der Waals surface area contributed by atoms with Crippen LogP contribution in [-0.2, 0) is 18.4 Å². The second-order valence-electron chi connectivity index (χ2n) is 5.49. The second kappa shape index (κ2) is 7.17. The lowest BCUT2D eigenvalue weighted by molar-refractivity contribution is -0.127. The fourth-order valence-corrected chi connectivity index (χ4v) is 2.33. The van der Waals surface area contributed by atoms with Crippen LogP contribution in [0.4, 0.5) is 0 Å². The molecule has 6 nitrogen and oxygen atoms in total. The molecule has 0 spiro atoms. The van der Waals surface area contributed by atoms with Gasteiger partial charge in [-0.3, -0.25) is 4.79 Å². The largest absolute Gasteiger partial charge is 0.481 e. The summed E-state index contributed by atoms with van der Waals surface area (Å²) >= 11 is 0. The summed E-state index contributed by atoms with van der Waals surface area (Å²) in [5, 5.41) is 7.15. The van der Waals surface area contributed by atoms with Crippen molar-refractivity contribution in [1.82, 2.24) is 15.1 Å². The van der Waals surface area contributed by atoms with Gasteiger partial charge in [0.25, 0.3) is 5.91 Å². The second-order valence-corrected chi connectivity index (χ2v) is 5.49. The molecule has 1 atom stereocenters. The Bertz CT molecular complexity index is 677. The van der Waals surface area contributed by atoms with E-state index in [4.69, 9.17) is 9.47 Å². The van der Waals surface area contributed by atoms with Crippen LogP contribution in [0.15, 0.2) is 24.3 Å². The van der Waals surface area contributed by atoms with E-state index in [0.29, 0.717) is 18.2 Å². The van der Waals surface area contributed by atoms with Crippen molar-refractivity contribution in [3.05, 3.63) is 41.1 Å². The minimum Gasteiger partial charge on any atom is -0.481 e. The van der Waals surface area contributed by atoms with E-state index in [2.05, 4.69) is 10.4 Å². The molecule has 23 heavy (non-hydrogen) atoms. The average Bonchev–Trinajstić information content (AvgIpc) is 2.80. The van der Waals surface area contributed by atoms with Crippen molar-refractivity contribution in [3.8, 4) is 11.6 Å². The number of carbonyl (C=O) groups excluding carboxylic acids is 1. The van der Waals surface area contributed by atoms with E-state index in [1.54, 1.807) is 25.8 Å². The summed E-state index contributed by atoms with van der Waals surface area (Å²) in [6.45, 7) is 5.96. The van der Waals surface area contributed by atoms with E-state index in [1.165, 1.54) is 0 Å². The molecule has 0 aliphatic heterocycles. The van der Waals surface area contributed by atoms with Crippen LogP contribution < -0.4 is 14.8 Å². The molecule has 1 amide bonds. The molecule has 1 heterocycles. The van der Waals surface area contributed by atoms with Gasteiger partial charge in [-0.2, -0.15) is 5.10 Å². The van der Waals surface area contributed by atoms with Crippen LogP contribution in [0.2, 0.25) is 0 Å². The minimum atomic E-state index is -0.583. The first-order valence-corrected chi connectivity index (χ1v) is 7.50. The predicted octanol–water partition coefficient (Wildman–Crippen LogP) is 2.13. The lowest BCUT2D eigenvalue weighted by Gasteiger charge is -2.15. The Morgan fingerprint density at radius 1 is 1.30 bits per heavy atom. The molecule has 1 aromatic heterocycles. The van der Waals surface area contributed by atoms with Gasteiger partial charge < -0.3 is 14.8 Å². The van der Waals surface area contributed by atoms with E-state index >= 15 is 0 Å². The molecule has 0 saturated heterocycles. The molecule has 0 radical (unpaired) electrons. The number of benzene rings is 1. The molecule has 2 aromatic rings. The molecule has 0 bridgehead atoms. The third-order valence-electron chi connectivity index (χ3n) is 3.62. The highest BCUT2D eigenvalue weighted by Crippen LogP contribution is 2.20. The van der Waals surface area contributed by atoms with Crippen molar-refractivity contribution < 1.29 is 14.3 Å². The van der Waals surface area contributed by atoms with Crippen LogP contribution in [0.5, 0.6) is 11.6 Å². The summed E-state index contributed by atoms with van der Waals surface area (Å²) in [5.74, 6) is 1.14. The van der Waals surface area contributed by atoms with Crippen LogP contribution in [0.25, 0.3) is 0 Å². The zero-order valence-corrected chi connectivity index (χ0v) is 14.2. The van der Waals surface area contributed by atoms with Gasteiger partial charge in [-0.1, -0.05) is 17.7 Å². The Labute approximate surface area is 136 Å². The lowest BCUT2D eigenvalue weighted by atomic mass is 10.2. The van der Waals surface area contributed by atoms with Gasteiger partial charge in [0.2, 0.25) is 5.88 Å². The van der Waals surface area contributed by atoms with Gasteiger partial charge in [-0.05, 0) is 32.9 Å². The number of nitrogens with zero attached hydrogens (tertiary/aromatic N) is 2. The lowest BCUT2D eigenvalue weighted by Crippen LogP contribution is -2.36. The average molecular weight is 317 g/mol. The number of amides is 1. The van der Waals surface area contributed by atoms with Crippen molar-refractivity contribution in [2.24, 2.45) is 7.05 Å². The molecule has 2 rings (SSSR count). The van der Waals surface area contributed by atoms with Crippen LogP contribution in [0.3, 0.4) is 0 Å². The number of ether oxygens (including phenoxy) is 2. The quantitative estimate of drug-likeness (QED) is 0.886. The highest BCUT2D eigenvalue weighted by Gasteiger charge is 2.18. The maximum absolute atomic E-state index is 12.2. The molecule has 0 aliphatic carbocycles. The van der Waals surface area contributed by atoms with Crippen molar-refractivity contribution in [1.29, 1.82) is 0 Å². The smallest absolute Gasteiger partial charge is 0.261 e. The van der Waals surface area contributed by atoms with E-state index < -0.39 is 6.10 Å². The first-order valence-electron chi connectivity index (χ1n) is 7.50. The zero-order valence-electron chi connectivity index (χ0n) is 14.2. The Morgan fingerprint density at radius 3 is 2.57 bits per heavy atom. The molecule has 0 aliphatic rings. The summed E-state index contributed by atoms with van der Waals surface area (Å²) in [5.41, 5.74) is 2.84. The number of nitrogens with one attached hydrogen (secondary N) is 1. The van der Waals surface area contributed by atoms with Gasteiger partial charge in [-0.25, -0.2) is 4.68 Å². The summed E-state index contributed by atoms with van der Waals surface area (Å²) in [4.78, 5) is 12.2. The van der Waals surface area contributed by atoms with Gasteiger partial charge in [0.1, 0.15) is 5.75 Å². The molecule has 6 heteroatoms. The molecule has 0 fully saturated rings. The first kappa shape index (κ1) is 16.9. The highest BCUT2D eigenvalue weighted by molar-refractivity contribution is 5.80. The Balaban J connectivity index is 1.95. The number of aromatic nitrogens is 2. The SMILES string of the molecule is COc1c(CNC(=O)C(C)Oc2ccc(C)cc2)c(C)nn1C. The third-order valence-corrected chi connectivity index (χ3v) is 3.62. The molecule has 1 N–H and O–H groups in total. The van der Waals surface area contributed by atoms with Crippen molar-refractivity contribution >= 4 is 5.91 Å². The number of methoxy groups -OCH3 is 1. The number of carbonyl (C=O) groups is 1. The summed E-state index contributed by atoms with van der Waals surface area (Å²) in [6, 6.07) is 7.61. The maximum atomic E-state index is 12.2. The van der Waals surface area contributed by atoms with Gasteiger partial charge in [0.05, 0.1) is 24.9 Å². The van der Waals surface area contributed by atoms with E-state index in [9.17, 15) is 4.79 Å². The predicted molar refractivity (Wildman–Crippen MR) is 87.6 cm³/mol. The van der Waals surface area contributed by atoms with Crippen molar-refractivity contribution in [2.45, 2.75) is 33.4 Å². The fourth-order valence-electron chi connectivity index (χ4n) is 2.33. The Hall–Kier alpha value is -2.50. The number of hydrogen-bond donors (Lipinski definition) is 1. The van der Waals surface area contributed by atoms with Crippen LogP contribution in [0.1, 0.15) is 23.7 Å². The van der Waals surface area contributed by atoms with Crippen LogP contribution in [0, 0.1) is 13.8 Å². The minimum absolute atomic E-state index is 0.184. The summed E-state index contributed by atoms with van der Waals surface area (Å²) in [6.07, 6.45) is -0.583. The van der Waals surface area contributed by atoms with Gasteiger partial charge in [0, 0.05) is 7.05 Å². The molecular formula is C17H23N3O3. The van der Waals surface area contributed by atoms with Crippen molar-refractivity contribution in [2.75, 3.05) is 7.11 Å². The van der Waals surface area contributed by atoms with Gasteiger partial charge in [0.15, 0.2) is 6.10 Å². The first-order chi connectivity index (χ1) is 10.9.